The van der Waals surface area contributed by atoms with Gasteiger partial charge >= 0.3 is 6.16 Å². The van der Waals surface area contributed by atoms with Crippen LogP contribution in [0.2, 0.25) is 0 Å². The number of rotatable bonds is 9. The fourth-order valence-corrected chi connectivity index (χ4v) is 3.26. The van der Waals surface area contributed by atoms with E-state index in [9.17, 15) is 14.7 Å². The van der Waals surface area contributed by atoms with E-state index in [0.29, 0.717) is 17.0 Å². The highest BCUT2D eigenvalue weighted by atomic mass is 16.7. The molecule has 0 fully saturated rings. The molecule has 1 atom stereocenters. The second kappa shape index (κ2) is 10.7. The molecule has 0 unspecified atom stereocenters. The highest BCUT2D eigenvalue weighted by molar-refractivity contribution is 5.83. The molecule has 0 bridgehead atoms. The number of phenols is 1. The molecule has 7 nitrogen and oxygen atoms in total. The smallest absolute Gasteiger partial charge is 0.508 e. The van der Waals surface area contributed by atoms with Gasteiger partial charge in [-0.1, -0.05) is 52.0 Å². The third-order valence-electron chi connectivity index (χ3n) is 5.07. The average molecular weight is 429 g/mol. The number of anilines is 1. The van der Waals surface area contributed by atoms with Gasteiger partial charge in [0.2, 0.25) is 5.91 Å². The molecule has 7 heteroatoms. The molecule has 0 radical (unpaired) electrons. The summed E-state index contributed by atoms with van der Waals surface area (Å²) in [6.07, 6.45) is -0.779. The number of benzene rings is 2. The first-order valence-corrected chi connectivity index (χ1v) is 10.4. The molecule has 4 N–H and O–H groups in total. The van der Waals surface area contributed by atoms with Gasteiger partial charge in [0.1, 0.15) is 18.1 Å². The number of ether oxygens (including phenoxy) is 2. The Morgan fingerprint density at radius 1 is 1.00 bits per heavy atom. The molecule has 1 amide bonds. The van der Waals surface area contributed by atoms with Gasteiger partial charge in [0.05, 0.1) is 5.92 Å². The highest BCUT2D eigenvalue weighted by Crippen LogP contribution is 2.34. The van der Waals surface area contributed by atoms with Gasteiger partial charge in [0.15, 0.2) is 0 Å². The minimum atomic E-state index is -0.779. The highest BCUT2D eigenvalue weighted by Gasteiger charge is 2.19. The first-order valence-electron chi connectivity index (χ1n) is 10.4. The first-order chi connectivity index (χ1) is 14.6. The van der Waals surface area contributed by atoms with E-state index in [4.69, 9.17) is 15.2 Å². The fraction of sp³-hybridized carbons (Fsp3) is 0.417. The predicted molar refractivity (Wildman–Crippen MR) is 121 cm³/mol. The maximum atomic E-state index is 12.3. The largest absolute Gasteiger partial charge is 0.513 e. The number of aromatic hydroxyl groups is 1. The number of carbonyl (C=O) groups excluding carboxylic acids is 2. The van der Waals surface area contributed by atoms with Crippen molar-refractivity contribution < 1.29 is 24.2 Å². The van der Waals surface area contributed by atoms with Gasteiger partial charge in [-0.05, 0) is 41.5 Å². The summed E-state index contributed by atoms with van der Waals surface area (Å²) in [6, 6.07) is 10.5. The van der Waals surface area contributed by atoms with Crippen LogP contribution in [-0.4, -0.2) is 30.3 Å². The van der Waals surface area contributed by atoms with Crippen molar-refractivity contribution in [3.8, 4) is 11.5 Å². The molecule has 0 aliphatic carbocycles. The lowest BCUT2D eigenvalue weighted by Crippen LogP contribution is -2.21. The van der Waals surface area contributed by atoms with Crippen molar-refractivity contribution in [1.29, 1.82) is 0 Å². The van der Waals surface area contributed by atoms with Crippen molar-refractivity contribution in [2.75, 3.05) is 18.5 Å². The summed E-state index contributed by atoms with van der Waals surface area (Å²) in [4.78, 5) is 23.8. The number of hydrogen-bond acceptors (Lipinski definition) is 6. The molecule has 0 spiro atoms. The van der Waals surface area contributed by atoms with Crippen LogP contribution in [0.15, 0.2) is 36.4 Å². The molecule has 2 rings (SSSR count). The van der Waals surface area contributed by atoms with Crippen LogP contribution < -0.4 is 15.8 Å². The first kappa shape index (κ1) is 24.1. The van der Waals surface area contributed by atoms with Crippen LogP contribution in [0.1, 0.15) is 69.1 Å². The third kappa shape index (κ3) is 6.38. The molecule has 0 aliphatic rings. The fourth-order valence-electron chi connectivity index (χ4n) is 3.26. The van der Waals surface area contributed by atoms with Crippen molar-refractivity contribution in [2.45, 2.75) is 52.4 Å². The summed E-state index contributed by atoms with van der Waals surface area (Å²) in [7, 11) is 0. The van der Waals surface area contributed by atoms with E-state index < -0.39 is 18.0 Å². The van der Waals surface area contributed by atoms with Crippen LogP contribution in [-0.2, 0) is 9.53 Å². The number of phenolic OH excluding ortho intramolecular Hbond substituents is 1. The Morgan fingerprint density at radius 3 is 2.16 bits per heavy atom. The van der Waals surface area contributed by atoms with E-state index in [1.807, 2.05) is 45.9 Å². The lowest BCUT2D eigenvalue weighted by atomic mass is 9.94. The molecular weight excluding hydrogens is 396 g/mol. The summed E-state index contributed by atoms with van der Waals surface area (Å²) in [5.41, 5.74) is 8.50. The van der Waals surface area contributed by atoms with E-state index in [0.717, 1.165) is 11.1 Å². The molecular formula is C24H32N2O5. The number of carbonyl (C=O) groups is 2. The number of nitrogens with one attached hydrogen (secondary N) is 1. The Bertz CT molecular complexity index is 898. The molecule has 0 heterocycles. The van der Waals surface area contributed by atoms with Gasteiger partial charge in [-0.15, -0.1) is 0 Å². The van der Waals surface area contributed by atoms with Gasteiger partial charge < -0.3 is 25.6 Å². The van der Waals surface area contributed by atoms with Crippen molar-refractivity contribution in [1.82, 2.24) is 0 Å². The van der Waals surface area contributed by atoms with Gasteiger partial charge in [0, 0.05) is 18.3 Å². The number of hydrogen-bond donors (Lipinski definition) is 3. The summed E-state index contributed by atoms with van der Waals surface area (Å²) in [5, 5.41) is 12.8. The molecule has 2 aromatic rings. The van der Waals surface area contributed by atoms with Gasteiger partial charge in [0.25, 0.3) is 0 Å². The average Bonchev–Trinajstić information content (AvgIpc) is 2.70. The molecule has 0 saturated heterocycles. The molecule has 2 aromatic carbocycles. The Hall–Kier alpha value is -3.22. The molecule has 0 saturated carbocycles. The lowest BCUT2D eigenvalue weighted by Gasteiger charge is -2.19. The van der Waals surface area contributed by atoms with Gasteiger partial charge in [-0.25, -0.2) is 4.79 Å². The van der Waals surface area contributed by atoms with Crippen LogP contribution in [0.4, 0.5) is 10.5 Å². The van der Waals surface area contributed by atoms with Crippen LogP contribution in [0, 0.1) is 0 Å². The molecule has 168 valence electrons. The van der Waals surface area contributed by atoms with Crippen molar-refractivity contribution in [2.24, 2.45) is 5.73 Å². The van der Waals surface area contributed by atoms with Crippen molar-refractivity contribution in [3.63, 3.8) is 0 Å². The normalized spacial score (nSPS) is 12.0. The van der Waals surface area contributed by atoms with E-state index in [1.165, 1.54) is 12.1 Å². The lowest BCUT2D eigenvalue weighted by molar-refractivity contribution is -0.119. The minimum Gasteiger partial charge on any atom is -0.508 e. The third-order valence-corrected chi connectivity index (χ3v) is 5.07. The summed E-state index contributed by atoms with van der Waals surface area (Å²) < 4.78 is 10.8. The van der Waals surface area contributed by atoms with E-state index in [2.05, 4.69) is 5.32 Å². The summed E-state index contributed by atoms with van der Waals surface area (Å²) in [5.74, 6) is -0.0146. The van der Waals surface area contributed by atoms with E-state index in [1.54, 1.807) is 13.0 Å². The van der Waals surface area contributed by atoms with Gasteiger partial charge in [-0.2, -0.15) is 0 Å². The molecule has 0 aliphatic heterocycles. The maximum Gasteiger partial charge on any atom is 0.513 e. The number of nitrogens with two attached hydrogens (primary N) is 1. The van der Waals surface area contributed by atoms with E-state index in [-0.39, 0.29) is 30.7 Å². The Balaban J connectivity index is 2.01. The predicted octanol–water partition coefficient (Wildman–Crippen LogP) is 4.86. The topological polar surface area (TPSA) is 111 Å². The Labute approximate surface area is 183 Å². The van der Waals surface area contributed by atoms with E-state index >= 15 is 0 Å². The van der Waals surface area contributed by atoms with Crippen molar-refractivity contribution in [3.05, 3.63) is 53.1 Å². The van der Waals surface area contributed by atoms with Crippen LogP contribution in [0.5, 0.6) is 11.5 Å². The summed E-state index contributed by atoms with van der Waals surface area (Å²) in [6.45, 7) is 10.2. The zero-order chi connectivity index (χ0) is 23.1. The maximum absolute atomic E-state index is 12.3. The van der Waals surface area contributed by atoms with Crippen LogP contribution in [0.3, 0.4) is 0 Å². The molecule has 31 heavy (non-hydrogen) atoms. The van der Waals surface area contributed by atoms with Crippen molar-refractivity contribution >= 4 is 17.7 Å². The second-order valence-corrected chi connectivity index (χ2v) is 8.10. The number of para-hydroxylation sites is 1. The van der Waals surface area contributed by atoms with Crippen LogP contribution in [0.25, 0.3) is 0 Å². The second-order valence-electron chi connectivity index (χ2n) is 8.10. The minimum absolute atomic E-state index is 0.0414. The quantitative estimate of drug-likeness (QED) is 0.299. The monoisotopic (exact) mass is 428 g/mol. The van der Waals surface area contributed by atoms with Crippen LogP contribution >= 0.6 is 0 Å². The zero-order valence-corrected chi connectivity index (χ0v) is 18.8. The number of amides is 1. The summed E-state index contributed by atoms with van der Waals surface area (Å²) >= 11 is 0. The number of primary amides is 1. The Kier molecular flexibility index (Phi) is 8.30. The molecule has 0 aromatic heterocycles. The van der Waals surface area contributed by atoms with Gasteiger partial charge in [-0.3, -0.25) is 4.79 Å². The standard InChI is InChI=1S/C24H32N2O5/c1-14(2)18-7-6-8-19(15(3)4)22(18)31-24(29)30-12-11-26-21-13-17(27)9-10-20(21)16(5)23(25)28/h6-10,13-16,26-27H,11-12H2,1-5H3,(H2,25,28)/t16-/m0/s1. The zero-order valence-electron chi connectivity index (χ0n) is 18.8. The Morgan fingerprint density at radius 2 is 1.61 bits per heavy atom. The SMILES string of the molecule is CC(C)c1cccc(C(C)C)c1OC(=O)OCCNc1cc(O)ccc1[C@H](C)C(N)=O.